The van der Waals surface area contributed by atoms with Gasteiger partial charge in [0.05, 0.1) is 6.61 Å². The normalized spacial score (nSPS) is 17.9. The predicted octanol–water partition coefficient (Wildman–Crippen LogP) is 3.59. The van der Waals surface area contributed by atoms with Crippen LogP contribution >= 0.6 is 0 Å². The Balaban J connectivity index is 1.77. The summed E-state index contributed by atoms with van der Waals surface area (Å²) in [5.41, 5.74) is 8.73. The Bertz CT molecular complexity index is 362. The third-order valence-electron chi connectivity index (χ3n) is 3.92. The lowest BCUT2D eigenvalue weighted by Crippen LogP contribution is -2.30. The summed E-state index contributed by atoms with van der Waals surface area (Å²) in [6.07, 6.45) is 6.31. The van der Waals surface area contributed by atoms with E-state index in [1.165, 1.54) is 36.8 Å². The number of aryl methyl sites for hydroxylation is 2. The lowest BCUT2D eigenvalue weighted by Gasteiger charge is -2.19. The molecule has 2 heteroatoms. The van der Waals surface area contributed by atoms with Gasteiger partial charge in [-0.25, -0.2) is 0 Å². The molecule has 1 aromatic carbocycles. The van der Waals surface area contributed by atoms with Crippen LogP contribution in [0.4, 0.5) is 0 Å². The van der Waals surface area contributed by atoms with E-state index in [2.05, 4.69) is 32.0 Å². The molecule has 1 aliphatic rings. The summed E-state index contributed by atoms with van der Waals surface area (Å²) in [5.74, 6) is 1.71. The summed E-state index contributed by atoms with van der Waals surface area (Å²) in [6, 6.07) is 6.66. The zero-order valence-electron chi connectivity index (χ0n) is 11.6. The first-order valence-electron chi connectivity index (χ1n) is 7.12. The van der Waals surface area contributed by atoms with Crippen molar-refractivity contribution in [3.8, 4) is 5.75 Å². The third-order valence-corrected chi connectivity index (χ3v) is 3.92. The van der Waals surface area contributed by atoms with Gasteiger partial charge in [0, 0.05) is 6.04 Å². The van der Waals surface area contributed by atoms with Gasteiger partial charge in [-0.15, -0.1) is 0 Å². The van der Waals surface area contributed by atoms with E-state index < -0.39 is 0 Å². The minimum absolute atomic E-state index is 0.318. The molecule has 0 amide bonds. The van der Waals surface area contributed by atoms with Gasteiger partial charge in [-0.05, 0) is 62.3 Å². The minimum Gasteiger partial charge on any atom is -0.494 e. The Labute approximate surface area is 111 Å². The highest BCUT2D eigenvalue weighted by atomic mass is 16.5. The molecule has 0 heterocycles. The average molecular weight is 247 g/mol. The summed E-state index contributed by atoms with van der Waals surface area (Å²) < 4.78 is 5.82. The minimum atomic E-state index is 0.318. The van der Waals surface area contributed by atoms with Crippen molar-refractivity contribution in [1.29, 1.82) is 0 Å². The zero-order valence-corrected chi connectivity index (χ0v) is 11.6. The SMILES string of the molecule is Cc1cc(C)cc(OCCC(N)C2CCCC2)c1. The van der Waals surface area contributed by atoms with Crippen molar-refractivity contribution < 1.29 is 4.74 Å². The number of rotatable bonds is 5. The molecule has 0 radical (unpaired) electrons. The van der Waals surface area contributed by atoms with E-state index in [1.54, 1.807) is 0 Å². The topological polar surface area (TPSA) is 35.2 Å². The Kier molecular flexibility index (Phi) is 4.65. The maximum atomic E-state index is 6.22. The molecule has 100 valence electrons. The third kappa shape index (κ3) is 3.74. The van der Waals surface area contributed by atoms with Crippen LogP contribution in [0, 0.1) is 19.8 Å². The highest BCUT2D eigenvalue weighted by Gasteiger charge is 2.21. The first-order valence-corrected chi connectivity index (χ1v) is 7.12. The summed E-state index contributed by atoms with van der Waals surface area (Å²) in [5, 5.41) is 0. The Hall–Kier alpha value is -1.02. The Morgan fingerprint density at radius 1 is 1.17 bits per heavy atom. The number of benzene rings is 1. The lowest BCUT2D eigenvalue weighted by atomic mass is 9.97. The molecule has 2 nitrogen and oxygen atoms in total. The smallest absolute Gasteiger partial charge is 0.119 e. The molecule has 2 rings (SSSR count). The fourth-order valence-corrected chi connectivity index (χ4v) is 2.95. The molecular formula is C16H25NO. The second kappa shape index (κ2) is 6.24. The summed E-state index contributed by atoms with van der Waals surface area (Å²) in [4.78, 5) is 0. The van der Waals surface area contributed by atoms with Crippen LogP contribution in [-0.2, 0) is 0 Å². The van der Waals surface area contributed by atoms with Crippen LogP contribution in [0.1, 0.15) is 43.2 Å². The molecule has 1 aliphatic carbocycles. The van der Waals surface area contributed by atoms with Crippen molar-refractivity contribution in [2.75, 3.05) is 6.61 Å². The maximum absolute atomic E-state index is 6.22. The van der Waals surface area contributed by atoms with Crippen molar-refractivity contribution in [3.05, 3.63) is 29.3 Å². The molecule has 18 heavy (non-hydrogen) atoms. The second-order valence-corrected chi connectivity index (χ2v) is 5.67. The maximum Gasteiger partial charge on any atom is 0.119 e. The van der Waals surface area contributed by atoms with Gasteiger partial charge in [0.1, 0.15) is 5.75 Å². The molecule has 2 N–H and O–H groups in total. The van der Waals surface area contributed by atoms with Crippen molar-refractivity contribution in [2.24, 2.45) is 11.7 Å². The largest absolute Gasteiger partial charge is 0.494 e. The predicted molar refractivity (Wildman–Crippen MR) is 76.0 cm³/mol. The molecule has 0 aliphatic heterocycles. The molecular weight excluding hydrogens is 222 g/mol. The van der Waals surface area contributed by atoms with E-state index in [0.717, 1.165) is 24.7 Å². The monoisotopic (exact) mass is 247 g/mol. The molecule has 0 spiro atoms. The molecule has 0 aromatic heterocycles. The van der Waals surface area contributed by atoms with Crippen LogP contribution in [-0.4, -0.2) is 12.6 Å². The van der Waals surface area contributed by atoms with Crippen molar-refractivity contribution >= 4 is 0 Å². The second-order valence-electron chi connectivity index (χ2n) is 5.67. The van der Waals surface area contributed by atoms with Gasteiger partial charge < -0.3 is 10.5 Å². The van der Waals surface area contributed by atoms with Gasteiger partial charge in [-0.1, -0.05) is 18.9 Å². The molecule has 1 fully saturated rings. The standard InChI is InChI=1S/C16H25NO/c1-12-9-13(2)11-15(10-12)18-8-7-16(17)14-5-3-4-6-14/h9-11,14,16H,3-8,17H2,1-2H3. The quantitative estimate of drug-likeness (QED) is 0.863. The fourth-order valence-electron chi connectivity index (χ4n) is 2.95. The average Bonchev–Trinajstić information content (AvgIpc) is 2.80. The fraction of sp³-hybridized carbons (Fsp3) is 0.625. The summed E-state index contributed by atoms with van der Waals surface area (Å²) >= 11 is 0. The van der Waals surface area contributed by atoms with Crippen LogP contribution in [0.5, 0.6) is 5.75 Å². The molecule has 1 saturated carbocycles. The molecule has 0 bridgehead atoms. The highest BCUT2D eigenvalue weighted by molar-refractivity contribution is 5.32. The van der Waals surface area contributed by atoms with Gasteiger partial charge in [0.15, 0.2) is 0 Å². The highest BCUT2D eigenvalue weighted by Crippen LogP contribution is 2.28. The van der Waals surface area contributed by atoms with Gasteiger partial charge in [0.25, 0.3) is 0 Å². The number of nitrogens with two attached hydrogens (primary N) is 1. The van der Waals surface area contributed by atoms with Crippen molar-refractivity contribution in [1.82, 2.24) is 0 Å². The van der Waals surface area contributed by atoms with E-state index in [1.807, 2.05) is 0 Å². The molecule has 0 saturated heterocycles. The van der Waals surface area contributed by atoms with Gasteiger partial charge >= 0.3 is 0 Å². The first-order chi connectivity index (χ1) is 8.65. The van der Waals surface area contributed by atoms with E-state index in [9.17, 15) is 0 Å². The Morgan fingerprint density at radius 3 is 2.39 bits per heavy atom. The number of hydrogen-bond donors (Lipinski definition) is 1. The van der Waals surface area contributed by atoms with Crippen LogP contribution < -0.4 is 10.5 Å². The summed E-state index contributed by atoms with van der Waals surface area (Å²) in [7, 11) is 0. The molecule has 1 atom stereocenters. The Morgan fingerprint density at radius 2 is 1.78 bits per heavy atom. The van der Waals surface area contributed by atoms with Crippen molar-refractivity contribution in [3.63, 3.8) is 0 Å². The first kappa shape index (κ1) is 13.4. The van der Waals surface area contributed by atoms with Crippen LogP contribution in [0.3, 0.4) is 0 Å². The van der Waals surface area contributed by atoms with Gasteiger partial charge in [-0.2, -0.15) is 0 Å². The number of hydrogen-bond acceptors (Lipinski definition) is 2. The van der Waals surface area contributed by atoms with E-state index >= 15 is 0 Å². The van der Waals surface area contributed by atoms with Crippen molar-refractivity contribution in [2.45, 2.75) is 52.0 Å². The van der Waals surface area contributed by atoms with E-state index in [-0.39, 0.29) is 0 Å². The van der Waals surface area contributed by atoms with Crippen LogP contribution in [0.2, 0.25) is 0 Å². The lowest BCUT2D eigenvalue weighted by molar-refractivity contribution is 0.274. The van der Waals surface area contributed by atoms with Crippen LogP contribution in [0.15, 0.2) is 18.2 Å². The van der Waals surface area contributed by atoms with Crippen LogP contribution in [0.25, 0.3) is 0 Å². The van der Waals surface area contributed by atoms with E-state index in [0.29, 0.717) is 6.04 Å². The summed E-state index contributed by atoms with van der Waals surface area (Å²) in [6.45, 7) is 4.94. The van der Waals surface area contributed by atoms with Gasteiger partial charge in [0.2, 0.25) is 0 Å². The van der Waals surface area contributed by atoms with Gasteiger partial charge in [-0.3, -0.25) is 0 Å². The van der Waals surface area contributed by atoms with E-state index in [4.69, 9.17) is 10.5 Å². The molecule has 1 aromatic rings. The molecule has 1 unspecified atom stereocenters. The number of ether oxygens (including phenoxy) is 1. The zero-order chi connectivity index (χ0) is 13.0.